The first-order chi connectivity index (χ1) is 12.7. The molecule has 0 amide bonds. The van der Waals surface area contributed by atoms with Gasteiger partial charge in [0.1, 0.15) is 22.9 Å². The summed E-state index contributed by atoms with van der Waals surface area (Å²) in [6.07, 6.45) is 3.27. The van der Waals surface area contributed by atoms with Gasteiger partial charge in [-0.05, 0) is 24.4 Å². The second kappa shape index (κ2) is 7.79. The molecule has 26 heavy (non-hydrogen) atoms. The van der Waals surface area contributed by atoms with Crippen molar-refractivity contribution < 1.29 is 14.2 Å². The lowest BCUT2D eigenvalue weighted by Crippen LogP contribution is -2.00. The van der Waals surface area contributed by atoms with Gasteiger partial charge in [-0.3, -0.25) is 4.98 Å². The molecule has 0 aliphatic rings. The van der Waals surface area contributed by atoms with Crippen LogP contribution in [0.15, 0.2) is 41.6 Å². The van der Waals surface area contributed by atoms with Crippen LogP contribution in [0.3, 0.4) is 0 Å². The van der Waals surface area contributed by atoms with Crippen molar-refractivity contribution in [3.05, 3.63) is 46.9 Å². The highest BCUT2D eigenvalue weighted by Gasteiger charge is 2.13. The number of methoxy groups -OCH3 is 3. The zero-order chi connectivity index (χ0) is 18.5. The highest BCUT2D eigenvalue weighted by molar-refractivity contribution is 7.71. The Labute approximate surface area is 155 Å². The van der Waals surface area contributed by atoms with E-state index in [2.05, 4.69) is 20.3 Å². The van der Waals surface area contributed by atoms with E-state index in [1.165, 1.54) is 4.68 Å². The summed E-state index contributed by atoms with van der Waals surface area (Å²) in [5, 5.41) is 11.4. The number of benzene rings is 1. The third kappa shape index (κ3) is 3.42. The summed E-state index contributed by atoms with van der Waals surface area (Å²) in [6.45, 7) is 0. The van der Waals surface area contributed by atoms with Gasteiger partial charge in [0.15, 0.2) is 0 Å². The van der Waals surface area contributed by atoms with Crippen LogP contribution in [0.2, 0.25) is 0 Å². The molecule has 0 fully saturated rings. The van der Waals surface area contributed by atoms with Crippen LogP contribution in [0, 0.1) is 4.77 Å². The Morgan fingerprint density at radius 2 is 1.85 bits per heavy atom. The Balaban J connectivity index is 2.07. The van der Waals surface area contributed by atoms with Gasteiger partial charge in [-0.2, -0.15) is 14.9 Å². The number of ether oxygens (including phenoxy) is 3. The average Bonchev–Trinajstić information content (AvgIpc) is 3.06. The number of hydrogen-bond acceptors (Lipinski definition) is 7. The molecule has 1 N–H and O–H groups in total. The van der Waals surface area contributed by atoms with E-state index < -0.39 is 0 Å². The fourth-order valence-electron chi connectivity index (χ4n) is 2.33. The summed E-state index contributed by atoms with van der Waals surface area (Å²) in [7, 11) is 4.70. The van der Waals surface area contributed by atoms with Crippen molar-refractivity contribution in [1.29, 1.82) is 0 Å². The van der Waals surface area contributed by atoms with Gasteiger partial charge in [0.05, 0.1) is 33.1 Å². The van der Waals surface area contributed by atoms with Crippen LogP contribution in [0.4, 0.5) is 0 Å². The highest BCUT2D eigenvalue weighted by Crippen LogP contribution is 2.32. The average molecular weight is 371 g/mol. The largest absolute Gasteiger partial charge is 0.496 e. The van der Waals surface area contributed by atoms with E-state index in [0.717, 1.165) is 0 Å². The number of pyridine rings is 1. The smallest absolute Gasteiger partial charge is 0.216 e. The van der Waals surface area contributed by atoms with Crippen molar-refractivity contribution in [2.24, 2.45) is 5.10 Å². The monoisotopic (exact) mass is 371 g/mol. The molecule has 0 aliphatic heterocycles. The maximum Gasteiger partial charge on any atom is 0.216 e. The number of hydrogen-bond donors (Lipinski definition) is 1. The van der Waals surface area contributed by atoms with Gasteiger partial charge in [-0.25, -0.2) is 5.10 Å². The van der Waals surface area contributed by atoms with Crippen LogP contribution in [0.1, 0.15) is 5.56 Å². The van der Waals surface area contributed by atoms with E-state index in [9.17, 15) is 0 Å². The van der Waals surface area contributed by atoms with E-state index in [4.69, 9.17) is 26.4 Å². The minimum absolute atomic E-state index is 0.341. The van der Waals surface area contributed by atoms with Crippen molar-refractivity contribution in [3.8, 4) is 28.8 Å². The summed E-state index contributed by atoms with van der Waals surface area (Å²) in [6, 6.07) is 9.01. The standard InChI is InChI=1S/C17H17N5O3S/c1-23-11-8-14(24-2)12(15(9-11)25-3)10-19-22-16(20-21-17(22)26)13-6-4-5-7-18-13/h4-10H,1-3H3,(H,21,26)/b19-10-. The Bertz CT molecular complexity index is 957. The summed E-state index contributed by atoms with van der Waals surface area (Å²) in [4.78, 5) is 4.28. The molecule has 3 aromatic rings. The molecule has 0 spiro atoms. The molecular formula is C17H17N5O3S. The van der Waals surface area contributed by atoms with Crippen LogP contribution in [-0.4, -0.2) is 47.4 Å². The molecule has 2 heterocycles. The maximum atomic E-state index is 5.42. The molecule has 0 aliphatic carbocycles. The number of aromatic amines is 1. The molecule has 0 unspecified atom stereocenters. The van der Waals surface area contributed by atoms with Crippen molar-refractivity contribution in [2.75, 3.05) is 21.3 Å². The lowest BCUT2D eigenvalue weighted by Gasteiger charge is -2.12. The van der Waals surface area contributed by atoms with Gasteiger partial charge >= 0.3 is 0 Å². The zero-order valence-electron chi connectivity index (χ0n) is 14.5. The molecule has 9 heteroatoms. The van der Waals surface area contributed by atoms with E-state index in [1.807, 2.05) is 18.2 Å². The van der Waals surface area contributed by atoms with Gasteiger partial charge in [0.2, 0.25) is 10.6 Å². The predicted octanol–water partition coefficient (Wildman–Crippen LogP) is 2.91. The Hall–Kier alpha value is -3.20. The minimum atomic E-state index is 0.341. The van der Waals surface area contributed by atoms with Crippen molar-refractivity contribution in [2.45, 2.75) is 0 Å². The number of H-pyrrole nitrogens is 1. The van der Waals surface area contributed by atoms with E-state index in [0.29, 0.717) is 39.1 Å². The van der Waals surface area contributed by atoms with Crippen molar-refractivity contribution in [1.82, 2.24) is 19.9 Å². The van der Waals surface area contributed by atoms with E-state index in [-0.39, 0.29) is 0 Å². The van der Waals surface area contributed by atoms with Crippen LogP contribution in [0.5, 0.6) is 17.2 Å². The lowest BCUT2D eigenvalue weighted by molar-refractivity contribution is 0.374. The molecule has 0 atom stereocenters. The first kappa shape index (κ1) is 17.6. The molecule has 8 nitrogen and oxygen atoms in total. The SMILES string of the molecule is COc1cc(OC)c(/C=N\n2c(-c3ccccn3)n[nH]c2=S)c(OC)c1. The summed E-state index contributed by atoms with van der Waals surface area (Å²) >= 11 is 5.27. The first-order valence-corrected chi connectivity index (χ1v) is 8.02. The van der Waals surface area contributed by atoms with Crippen LogP contribution < -0.4 is 14.2 Å². The fourth-order valence-corrected chi connectivity index (χ4v) is 2.51. The Morgan fingerprint density at radius 1 is 1.12 bits per heavy atom. The zero-order valence-corrected chi connectivity index (χ0v) is 15.3. The molecule has 1 aromatic carbocycles. The van der Waals surface area contributed by atoms with E-state index in [1.54, 1.807) is 45.9 Å². The Morgan fingerprint density at radius 3 is 2.42 bits per heavy atom. The third-order valence-corrected chi connectivity index (χ3v) is 3.86. The first-order valence-electron chi connectivity index (χ1n) is 7.61. The fraction of sp³-hybridized carbons (Fsp3) is 0.176. The molecular weight excluding hydrogens is 354 g/mol. The molecule has 0 bridgehead atoms. The van der Waals surface area contributed by atoms with Gasteiger partial charge in [-0.15, -0.1) is 0 Å². The topological polar surface area (TPSA) is 86.5 Å². The van der Waals surface area contributed by atoms with Gasteiger partial charge in [0, 0.05) is 18.3 Å². The Kier molecular flexibility index (Phi) is 5.28. The second-order valence-corrected chi connectivity index (χ2v) is 5.46. The number of aromatic nitrogens is 4. The molecule has 0 radical (unpaired) electrons. The van der Waals surface area contributed by atoms with Crippen molar-refractivity contribution in [3.63, 3.8) is 0 Å². The summed E-state index contributed by atoms with van der Waals surface area (Å²) in [5.41, 5.74) is 1.29. The molecule has 2 aromatic heterocycles. The summed E-state index contributed by atoms with van der Waals surface area (Å²) < 4.78 is 17.9. The van der Waals surface area contributed by atoms with Crippen LogP contribution in [0.25, 0.3) is 11.5 Å². The molecule has 0 saturated carbocycles. The van der Waals surface area contributed by atoms with Crippen molar-refractivity contribution >= 4 is 18.4 Å². The predicted molar refractivity (Wildman–Crippen MR) is 99.7 cm³/mol. The third-order valence-electron chi connectivity index (χ3n) is 3.60. The maximum absolute atomic E-state index is 5.42. The van der Waals surface area contributed by atoms with Gasteiger partial charge in [-0.1, -0.05) is 6.07 Å². The quantitative estimate of drug-likeness (QED) is 0.530. The van der Waals surface area contributed by atoms with E-state index >= 15 is 0 Å². The van der Waals surface area contributed by atoms with Gasteiger partial charge in [0.25, 0.3) is 0 Å². The molecule has 134 valence electrons. The second-order valence-electron chi connectivity index (χ2n) is 5.07. The van der Waals surface area contributed by atoms with Crippen LogP contribution in [-0.2, 0) is 0 Å². The lowest BCUT2D eigenvalue weighted by atomic mass is 10.2. The molecule has 3 rings (SSSR count). The summed E-state index contributed by atoms with van der Waals surface area (Å²) in [5.74, 6) is 2.22. The number of nitrogens with one attached hydrogen (secondary N) is 1. The van der Waals surface area contributed by atoms with Gasteiger partial charge < -0.3 is 14.2 Å². The number of rotatable bonds is 6. The minimum Gasteiger partial charge on any atom is -0.496 e. The normalized spacial score (nSPS) is 10.9. The number of nitrogens with zero attached hydrogens (tertiary/aromatic N) is 4. The molecule has 0 saturated heterocycles. The van der Waals surface area contributed by atoms with Crippen LogP contribution >= 0.6 is 12.2 Å². The highest BCUT2D eigenvalue weighted by atomic mass is 32.1.